The number of hydrogen-bond donors (Lipinski definition) is 0. The molecule has 0 aromatic rings. The summed E-state index contributed by atoms with van der Waals surface area (Å²) in [5.74, 6) is 0. The Morgan fingerprint density at radius 1 is 0.481 bits per heavy atom. The topological polar surface area (TPSA) is 36.9 Å². The third-order valence-electron chi connectivity index (χ3n) is 2.99. The molecule has 11 heteroatoms. The zero-order chi connectivity index (χ0) is 20.3. The summed E-state index contributed by atoms with van der Waals surface area (Å²) in [7, 11) is 0. The Morgan fingerprint density at radius 3 is 0.815 bits per heavy atom. The zero-order valence-electron chi connectivity index (χ0n) is 17.1. The fourth-order valence-electron chi connectivity index (χ4n) is 1.36. The van der Waals surface area contributed by atoms with Crippen molar-refractivity contribution >= 4 is 88.5 Å². The SMILES string of the molecule is CCCCO[P+]([S-])([S-])OCCCC.CCCCO[P+]([S-])([S-])OCCCC.[Pb+2]. The molecule has 2 radical (unpaired) electrons. The van der Waals surface area contributed by atoms with Crippen LogP contribution >= 0.6 is 12.2 Å². The van der Waals surface area contributed by atoms with E-state index in [1.165, 1.54) is 0 Å². The van der Waals surface area contributed by atoms with E-state index in [1.54, 1.807) is 0 Å². The van der Waals surface area contributed by atoms with Crippen LogP contribution in [0.2, 0.25) is 0 Å². The molecule has 0 saturated carbocycles. The molecule has 4 nitrogen and oxygen atoms in total. The van der Waals surface area contributed by atoms with Gasteiger partial charge in [0.15, 0.2) is 0 Å². The van der Waals surface area contributed by atoms with Crippen LogP contribution in [0.25, 0.3) is 0 Å². The molecule has 0 aliphatic carbocycles. The van der Waals surface area contributed by atoms with Gasteiger partial charge < -0.3 is 49.0 Å². The van der Waals surface area contributed by atoms with Crippen molar-refractivity contribution in [1.29, 1.82) is 0 Å². The number of rotatable bonds is 16. The van der Waals surface area contributed by atoms with E-state index in [-0.39, 0.29) is 27.3 Å². The van der Waals surface area contributed by atoms with Gasteiger partial charge in [-0.05, 0) is 25.7 Å². The number of hydrogen-bond acceptors (Lipinski definition) is 8. The van der Waals surface area contributed by atoms with Crippen molar-refractivity contribution in [2.45, 2.75) is 79.1 Å². The van der Waals surface area contributed by atoms with E-state index < -0.39 is 12.2 Å². The summed E-state index contributed by atoms with van der Waals surface area (Å²) in [6.07, 6.45) is 3.74. The summed E-state index contributed by atoms with van der Waals surface area (Å²) in [6.45, 7) is 11.0. The first-order chi connectivity index (χ1) is 12.2. The van der Waals surface area contributed by atoms with E-state index in [0.29, 0.717) is 26.4 Å². The second kappa shape index (κ2) is 23.7. The monoisotopic (exact) mass is 690 g/mol. The molecule has 0 aliphatic rings. The van der Waals surface area contributed by atoms with E-state index >= 15 is 0 Å². The maximum atomic E-state index is 5.33. The van der Waals surface area contributed by atoms with Crippen LogP contribution in [0.5, 0.6) is 0 Å². The van der Waals surface area contributed by atoms with Gasteiger partial charge in [0, 0.05) is 12.2 Å². The average Bonchev–Trinajstić information content (AvgIpc) is 2.56. The fourth-order valence-corrected chi connectivity index (χ4v) is 4.71. The molecular formula is C16H36O4P2PbS4. The normalized spacial score (nSPS) is 11.6. The average molecular weight is 690 g/mol. The summed E-state index contributed by atoms with van der Waals surface area (Å²) in [4.78, 5) is 0. The Hall–Kier alpha value is 3.02. The molecule has 0 aromatic carbocycles. The van der Waals surface area contributed by atoms with Crippen molar-refractivity contribution in [1.82, 2.24) is 0 Å². The Bertz CT molecular complexity index is 256. The molecule has 0 fully saturated rings. The minimum atomic E-state index is -2.34. The van der Waals surface area contributed by atoms with Crippen LogP contribution in [0.3, 0.4) is 0 Å². The second-order valence-corrected chi connectivity index (χ2v) is 15.6. The van der Waals surface area contributed by atoms with Gasteiger partial charge >= 0.3 is 27.3 Å². The molecule has 0 unspecified atom stereocenters. The first-order valence-electron chi connectivity index (χ1n) is 9.44. The van der Waals surface area contributed by atoms with Crippen LogP contribution in [-0.2, 0) is 67.1 Å². The van der Waals surface area contributed by atoms with Crippen LogP contribution < -0.4 is 0 Å². The van der Waals surface area contributed by atoms with Crippen molar-refractivity contribution in [3.63, 3.8) is 0 Å². The van der Waals surface area contributed by atoms with Crippen molar-refractivity contribution in [2.24, 2.45) is 0 Å². The van der Waals surface area contributed by atoms with Gasteiger partial charge in [-0.15, -0.1) is 0 Å². The van der Waals surface area contributed by atoms with E-state index in [1.807, 2.05) is 0 Å². The molecule has 0 aliphatic heterocycles. The summed E-state index contributed by atoms with van der Waals surface area (Å²) in [6, 6.07) is 0. The van der Waals surface area contributed by atoms with Crippen molar-refractivity contribution < 1.29 is 18.1 Å². The molecule has 0 aromatic heterocycles. The van der Waals surface area contributed by atoms with Gasteiger partial charge in [0.25, 0.3) is 0 Å². The van der Waals surface area contributed by atoms with E-state index in [4.69, 9.17) is 67.1 Å². The zero-order valence-corrected chi connectivity index (χ0v) is 26.1. The molecule has 0 amide bonds. The van der Waals surface area contributed by atoms with Crippen LogP contribution in [0, 0.1) is 0 Å². The largest absolute Gasteiger partial charge is 2.00 e. The van der Waals surface area contributed by atoms with Crippen LogP contribution in [-0.4, -0.2) is 53.7 Å². The molecule has 27 heavy (non-hydrogen) atoms. The minimum absolute atomic E-state index is 0. The molecule has 0 N–H and O–H groups in total. The third-order valence-corrected chi connectivity index (χ3v) is 7.51. The van der Waals surface area contributed by atoms with Gasteiger partial charge in [-0.1, -0.05) is 53.4 Å². The van der Waals surface area contributed by atoms with Crippen molar-refractivity contribution in [3.8, 4) is 0 Å². The number of unbranched alkanes of at least 4 members (excludes halogenated alkanes) is 4. The maximum absolute atomic E-state index is 5.33. The molecule has 0 atom stereocenters. The Labute approximate surface area is 210 Å². The van der Waals surface area contributed by atoms with Gasteiger partial charge in [-0.2, -0.15) is 0 Å². The molecule has 0 heterocycles. The van der Waals surface area contributed by atoms with Gasteiger partial charge in [0.05, 0.1) is 26.4 Å². The Balaban J connectivity index is -0.000000411. The van der Waals surface area contributed by atoms with E-state index in [2.05, 4.69) is 27.7 Å². The Kier molecular flexibility index (Phi) is 30.4. The third kappa shape index (κ3) is 29.0. The van der Waals surface area contributed by atoms with E-state index in [9.17, 15) is 0 Å². The first kappa shape index (κ1) is 34.6. The predicted octanol–water partition coefficient (Wildman–Crippen LogP) is 6.40. The summed E-state index contributed by atoms with van der Waals surface area (Å²) in [5.41, 5.74) is 0. The minimum Gasteiger partial charge on any atom is -0.516 e. The van der Waals surface area contributed by atoms with Crippen molar-refractivity contribution in [2.75, 3.05) is 26.4 Å². The maximum Gasteiger partial charge on any atom is 2.00 e. The standard InChI is InChI=1S/2C8H19O2PS2.Pb/c2*1-3-5-7-9-11(12,13)10-8-6-4-2;/h2*3-8H2,1-2H3,(H,12,13);/q;;+2/p-2. The van der Waals surface area contributed by atoms with Gasteiger partial charge in [0.1, 0.15) is 0 Å². The quantitative estimate of drug-likeness (QED) is 0.0798. The van der Waals surface area contributed by atoms with Gasteiger partial charge in [0.2, 0.25) is 0 Å². The smallest absolute Gasteiger partial charge is 0.516 e. The van der Waals surface area contributed by atoms with Crippen LogP contribution in [0.15, 0.2) is 0 Å². The molecule has 0 bridgehead atoms. The summed E-state index contributed by atoms with van der Waals surface area (Å²) < 4.78 is 21.3. The van der Waals surface area contributed by atoms with Crippen LogP contribution in [0.1, 0.15) is 79.1 Å². The first-order valence-corrected chi connectivity index (χ1v) is 16.7. The van der Waals surface area contributed by atoms with Gasteiger partial charge in [-0.25, -0.2) is 0 Å². The Morgan fingerprint density at radius 2 is 0.667 bits per heavy atom. The summed E-state index contributed by atoms with van der Waals surface area (Å²) >= 11 is 20.2. The molecule has 162 valence electrons. The van der Waals surface area contributed by atoms with Crippen LogP contribution in [0.4, 0.5) is 0 Å². The summed E-state index contributed by atoms with van der Waals surface area (Å²) in [5, 5.41) is 0. The molecule has 0 saturated heterocycles. The fraction of sp³-hybridized carbons (Fsp3) is 1.00. The molecule has 0 rings (SSSR count). The van der Waals surface area contributed by atoms with E-state index in [0.717, 1.165) is 51.4 Å². The predicted molar refractivity (Wildman–Crippen MR) is 132 cm³/mol. The second-order valence-electron chi connectivity index (χ2n) is 5.64. The molecular weight excluding hydrogens is 654 g/mol. The molecule has 0 spiro atoms. The van der Waals surface area contributed by atoms with Gasteiger partial charge in [-0.3, -0.25) is 18.1 Å². The van der Waals surface area contributed by atoms with Crippen molar-refractivity contribution in [3.05, 3.63) is 0 Å².